The maximum Gasteiger partial charge on any atom is 0.153 e. The van der Waals surface area contributed by atoms with Crippen LogP contribution in [-0.4, -0.2) is 47.8 Å². The van der Waals surface area contributed by atoms with Gasteiger partial charge in [0.1, 0.15) is 0 Å². The van der Waals surface area contributed by atoms with Gasteiger partial charge in [-0.05, 0) is 44.7 Å². The van der Waals surface area contributed by atoms with Gasteiger partial charge in [-0.2, -0.15) is 5.10 Å². The Bertz CT molecular complexity index is 412. The van der Waals surface area contributed by atoms with Gasteiger partial charge in [0.2, 0.25) is 0 Å². The quantitative estimate of drug-likeness (QED) is 0.851. The molecule has 4 nitrogen and oxygen atoms in total. The van der Waals surface area contributed by atoms with Gasteiger partial charge in [-0.25, -0.2) is 0 Å². The molecule has 0 saturated carbocycles. The van der Waals surface area contributed by atoms with Crippen LogP contribution in [0.15, 0.2) is 12.3 Å². The van der Waals surface area contributed by atoms with E-state index in [4.69, 9.17) is 11.6 Å². The third-order valence-corrected chi connectivity index (χ3v) is 4.49. The maximum absolute atomic E-state index is 5.90. The summed E-state index contributed by atoms with van der Waals surface area (Å²) in [5, 5.41) is 8.21. The second-order valence-electron chi connectivity index (χ2n) is 5.67. The fourth-order valence-electron chi connectivity index (χ4n) is 3.21. The van der Waals surface area contributed by atoms with Crippen LogP contribution in [0.25, 0.3) is 0 Å². The summed E-state index contributed by atoms with van der Waals surface area (Å²) in [5.74, 6) is 0.861. The van der Waals surface area contributed by atoms with E-state index in [1.807, 2.05) is 12.3 Å². The lowest BCUT2D eigenvalue weighted by molar-refractivity contribution is 0.249. The van der Waals surface area contributed by atoms with Crippen molar-refractivity contribution in [2.24, 2.45) is 5.92 Å². The van der Waals surface area contributed by atoms with Crippen molar-refractivity contribution in [1.29, 1.82) is 0 Å². The molecule has 5 heteroatoms. The van der Waals surface area contributed by atoms with E-state index in [-0.39, 0.29) is 0 Å². The number of halogens is 1. The molecule has 2 aliphatic rings. The van der Waals surface area contributed by atoms with E-state index in [0.717, 1.165) is 24.7 Å². The van der Waals surface area contributed by atoms with E-state index in [1.54, 1.807) is 0 Å². The molecular weight excluding hydrogens is 260 g/mol. The Morgan fingerprint density at radius 1 is 1.16 bits per heavy atom. The Labute approximate surface area is 119 Å². The molecule has 0 atom stereocenters. The van der Waals surface area contributed by atoms with Crippen molar-refractivity contribution in [3.8, 4) is 0 Å². The largest absolute Gasteiger partial charge is 0.370 e. The Kier molecular flexibility index (Phi) is 4.18. The molecule has 1 aromatic heterocycles. The van der Waals surface area contributed by atoms with Gasteiger partial charge in [0.15, 0.2) is 5.15 Å². The summed E-state index contributed by atoms with van der Waals surface area (Å²) in [6.07, 6.45) is 7.14. The highest BCUT2D eigenvalue weighted by atomic mass is 35.5. The molecule has 0 radical (unpaired) electrons. The van der Waals surface area contributed by atoms with E-state index < -0.39 is 0 Å². The Morgan fingerprint density at radius 2 is 1.89 bits per heavy atom. The van der Waals surface area contributed by atoms with Crippen LogP contribution in [0.4, 0.5) is 5.69 Å². The minimum absolute atomic E-state index is 0.483. The maximum atomic E-state index is 5.90. The lowest BCUT2D eigenvalue weighted by Gasteiger charge is -2.35. The van der Waals surface area contributed by atoms with Gasteiger partial charge in [-0.3, -0.25) is 0 Å². The third-order valence-electron chi connectivity index (χ3n) is 4.31. The van der Waals surface area contributed by atoms with Gasteiger partial charge in [-0.1, -0.05) is 11.6 Å². The van der Waals surface area contributed by atoms with Crippen LogP contribution in [0, 0.1) is 5.92 Å². The molecule has 0 bridgehead atoms. The number of piperidine rings is 1. The molecule has 3 heterocycles. The topological polar surface area (TPSA) is 32.3 Å². The van der Waals surface area contributed by atoms with Crippen LogP contribution in [0.1, 0.15) is 25.7 Å². The van der Waals surface area contributed by atoms with Crippen LogP contribution in [-0.2, 0) is 0 Å². The van der Waals surface area contributed by atoms with Gasteiger partial charge in [0.05, 0.1) is 11.9 Å². The molecule has 0 amide bonds. The summed E-state index contributed by atoms with van der Waals surface area (Å²) in [4.78, 5) is 5.01. The zero-order chi connectivity index (χ0) is 13.1. The molecule has 19 heavy (non-hydrogen) atoms. The highest BCUT2D eigenvalue weighted by Gasteiger charge is 2.23. The fraction of sp³-hybridized carbons (Fsp3) is 0.714. The lowest BCUT2D eigenvalue weighted by atomic mass is 9.96. The summed E-state index contributed by atoms with van der Waals surface area (Å²) in [5.41, 5.74) is 1.11. The van der Waals surface area contributed by atoms with Crippen molar-refractivity contribution in [2.75, 3.05) is 37.6 Å². The first-order valence-corrected chi connectivity index (χ1v) is 7.64. The SMILES string of the molecule is Clc1cc(N2CCC(CN3CCCC3)CC2)cnn1. The molecule has 2 aliphatic heterocycles. The van der Waals surface area contributed by atoms with E-state index in [0.29, 0.717) is 5.15 Å². The second kappa shape index (κ2) is 6.06. The van der Waals surface area contributed by atoms with Gasteiger partial charge in [0.25, 0.3) is 0 Å². The van der Waals surface area contributed by atoms with Gasteiger partial charge in [-0.15, -0.1) is 5.10 Å². The standard InChI is InChI=1S/C14H21ClN4/c15-14-9-13(10-16-17-14)19-7-3-12(4-8-19)11-18-5-1-2-6-18/h9-10,12H,1-8,11H2. The zero-order valence-electron chi connectivity index (χ0n) is 11.3. The summed E-state index contributed by atoms with van der Waals surface area (Å²) < 4.78 is 0. The van der Waals surface area contributed by atoms with Crippen molar-refractivity contribution in [1.82, 2.24) is 15.1 Å². The van der Waals surface area contributed by atoms with E-state index in [2.05, 4.69) is 20.0 Å². The zero-order valence-corrected chi connectivity index (χ0v) is 12.0. The van der Waals surface area contributed by atoms with Crippen LogP contribution in [0.3, 0.4) is 0 Å². The van der Waals surface area contributed by atoms with Crippen LogP contribution >= 0.6 is 11.6 Å². The number of hydrogen-bond donors (Lipinski definition) is 0. The Morgan fingerprint density at radius 3 is 2.58 bits per heavy atom. The highest BCUT2D eigenvalue weighted by Crippen LogP contribution is 2.25. The van der Waals surface area contributed by atoms with Crippen LogP contribution < -0.4 is 4.90 Å². The number of hydrogen-bond acceptors (Lipinski definition) is 4. The summed E-state index contributed by atoms with van der Waals surface area (Å²) in [7, 11) is 0. The predicted molar refractivity (Wildman–Crippen MR) is 77.7 cm³/mol. The van der Waals surface area contributed by atoms with Crippen LogP contribution in [0.5, 0.6) is 0 Å². The lowest BCUT2D eigenvalue weighted by Crippen LogP contribution is -2.38. The fourth-order valence-corrected chi connectivity index (χ4v) is 3.36. The minimum atomic E-state index is 0.483. The van der Waals surface area contributed by atoms with Gasteiger partial charge < -0.3 is 9.80 Å². The van der Waals surface area contributed by atoms with E-state index in [1.165, 1.54) is 45.3 Å². The molecule has 2 fully saturated rings. The first-order valence-electron chi connectivity index (χ1n) is 7.27. The van der Waals surface area contributed by atoms with E-state index >= 15 is 0 Å². The third kappa shape index (κ3) is 3.37. The van der Waals surface area contributed by atoms with Crippen molar-refractivity contribution >= 4 is 17.3 Å². The normalized spacial score (nSPS) is 22.1. The smallest absolute Gasteiger partial charge is 0.153 e. The monoisotopic (exact) mass is 280 g/mol. The number of nitrogens with zero attached hydrogens (tertiary/aromatic N) is 4. The first kappa shape index (κ1) is 13.1. The average Bonchev–Trinajstić information content (AvgIpc) is 2.92. The first-order chi connectivity index (χ1) is 9.31. The Balaban J connectivity index is 1.51. The van der Waals surface area contributed by atoms with Crippen molar-refractivity contribution < 1.29 is 0 Å². The summed E-state index contributed by atoms with van der Waals surface area (Å²) in [6.45, 7) is 6.14. The molecule has 0 unspecified atom stereocenters. The minimum Gasteiger partial charge on any atom is -0.370 e. The molecule has 2 saturated heterocycles. The Hall–Kier alpha value is -0.870. The summed E-state index contributed by atoms with van der Waals surface area (Å²) >= 11 is 5.90. The van der Waals surface area contributed by atoms with Gasteiger partial charge in [0, 0.05) is 25.7 Å². The summed E-state index contributed by atoms with van der Waals surface area (Å²) in [6, 6.07) is 1.91. The number of rotatable bonds is 3. The molecule has 0 N–H and O–H groups in total. The number of aromatic nitrogens is 2. The predicted octanol–water partition coefficient (Wildman–Crippen LogP) is 2.44. The van der Waals surface area contributed by atoms with Crippen LogP contribution in [0.2, 0.25) is 5.15 Å². The van der Waals surface area contributed by atoms with Gasteiger partial charge >= 0.3 is 0 Å². The average molecular weight is 281 g/mol. The second-order valence-corrected chi connectivity index (χ2v) is 6.06. The number of likely N-dealkylation sites (tertiary alicyclic amines) is 1. The molecular formula is C14H21ClN4. The molecule has 104 valence electrons. The highest BCUT2D eigenvalue weighted by molar-refractivity contribution is 6.29. The molecule has 1 aromatic rings. The molecule has 0 aliphatic carbocycles. The van der Waals surface area contributed by atoms with E-state index in [9.17, 15) is 0 Å². The van der Waals surface area contributed by atoms with Crippen molar-refractivity contribution in [2.45, 2.75) is 25.7 Å². The van der Waals surface area contributed by atoms with Crippen molar-refractivity contribution in [3.63, 3.8) is 0 Å². The molecule has 3 rings (SSSR count). The number of anilines is 1. The molecule has 0 spiro atoms. The van der Waals surface area contributed by atoms with Crippen molar-refractivity contribution in [3.05, 3.63) is 17.4 Å². The molecule has 0 aromatic carbocycles.